The molecular weight excluding hydrogens is 259 g/mol. The van der Waals surface area contributed by atoms with Crippen LogP contribution in [0.25, 0.3) is 0 Å². The molecule has 2 rings (SSSR count). The number of benzene rings is 1. The molecule has 1 N–H and O–H groups in total. The maximum absolute atomic E-state index is 13.5. The van der Waals surface area contributed by atoms with Gasteiger partial charge >= 0.3 is 0 Å². The molecule has 0 spiro atoms. The van der Waals surface area contributed by atoms with Gasteiger partial charge in [-0.2, -0.15) is 0 Å². The molecule has 0 aromatic heterocycles. The van der Waals surface area contributed by atoms with Gasteiger partial charge in [0.25, 0.3) is 0 Å². The summed E-state index contributed by atoms with van der Waals surface area (Å²) in [6.45, 7) is 7.43. The highest BCUT2D eigenvalue weighted by Crippen LogP contribution is 2.29. The molecule has 112 valence electrons. The number of anilines is 1. The van der Waals surface area contributed by atoms with Gasteiger partial charge in [0.1, 0.15) is 18.2 Å². The molecule has 0 unspecified atom stereocenters. The molecule has 1 aliphatic heterocycles. The summed E-state index contributed by atoms with van der Waals surface area (Å²) in [6.07, 6.45) is 1.00. The van der Waals surface area contributed by atoms with E-state index in [1.165, 1.54) is 6.07 Å². The van der Waals surface area contributed by atoms with E-state index in [4.69, 9.17) is 9.47 Å². The van der Waals surface area contributed by atoms with Gasteiger partial charge in [0.2, 0.25) is 0 Å². The average molecular weight is 282 g/mol. The SMILES string of the molecule is CCCOCCOc1ccc(F)cc1N1CCNCC1. The second-order valence-corrected chi connectivity index (χ2v) is 4.81. The van der Waals surface area contributed by atoms with Gasteiger partial charge in [-0.3, -0.25) is 0 Å². The van der Waals surface area contributed by atoms with Gasteiger partial charge in [-0.15, -0.1) is 0 Å². The second-order valence-electron chi connectivity index (χ2n) is 4.81. The van der Waals surface area contributed by atoms with Crippen molar-refractivity contribution in [3.8, 4) is 5.75 Å². The van der Waals surface area contributed by atoms with Crippen molar-refractivity contribution in [1.29, 1.82) is 0 Å². The molecule has 0 aliphatic carbocycles. The Balaban J connectivity index is 1.96. The topological polar surface area (TPSA) is 33.7 Å². The van der Waals surface area contributed by atoms with Crippen LogP contribution in [0.3, 0.4) is 0 Å². The first-order valence-electron chi connectivity index (χ1n) is 7.27. The minimum atomic E-state index is -0.229. The first-order valence-corrected chi connectivity index (χ1v) is 7.27. The van der Waals surface area contributed by atoms with E-state index in [0.29, 0.717) is 13.2 Å². The van der Waals surface area contributed by atoms with Crippen LogP contribution >= 0.6 is 0 Å². The Labute approximate surface area is 119 Å². The fourth-order valence-electron chi connectivity index (χ4n) is 2.22. The summed E-state index contributed by atoms with van der Waals surface area (Å²) in [6, 6.07) is 4.69. The zero-order valence-corrected chi connectivity index (χ0v) is 12.0. The van der Waals surface area contributed by atoms with Crippen molar-refractivity contribution in [2.45, 2.75) is 13.3 Å². The van der Waals surface area contributed by atoms with Crippen LogP contribution in [0, 0.1) is 5.82 Å². The maximum atomic E-state index is 13.5. The van der Waals surface area contributed by atoms with Gasteiger partial charge in [-0.1, -0.05) is 6.92 Å². The first-order chi connectivity index (χ1) is 9.81. The summed E-state index contributed by atoms with van der Waals surface area (Å²) in [5.41, 5.74) is 0.835. The Kier molecular flexibility index (Phi) is 6.08. The fraction of sp³-hybridized carbons (Fsp3) is 0.600. The molecule has 1 aromatic rings. The van der Waals surface area contributed by atoms with Gasteiger partial charge in [0.15, 0.2) is 0 Å². The van der Waals surface area contributed by atoms with Crippen molar-refractivity contribution < 1.29 is 13.9 Å². The van der Waals surface area contributed by atoms with Crippen molar-refractivity contribution in [2.75, 3.05) is 50.9 Å². The molecule has 4 nitrogen and oxygen atoms in total. The Morgan fingerprint density at radius 3 is 2.75 bits per heavy atom. The lowest BCUT2D eigenvalue weighted by Crippen LogP contribution is -2.43. The number of hydrogen-bond acceptors (Lipinski definition) is 4. The number of nitrogens with one attached hydrogen (secondary N) is 1. The largest absolute Gasteiger partial charge is 0.489 e. The van der Waals surface area contributed by atoms with E-state index in [9.17, 15) is 4.39 Å². The van der Waals surface area contributed by atoms with E-state index in [0.717, 1.165) is 50.6 Å². The molecule has 1 heterocycles. The molecular formula is C15H23FN2O2. The predicted molar refractivity (Wildman–Crippen MR) is 78.1 cm³/mol. The third kappa shape index (κ3) is 4.35. The van der Waals surface area contributed by atoms with E-state index in [2.05, 4.69) is 17.1 Å². The number of nitrogens with zero attached hydrogens (tertiary/aromatic N) is 1. The van der Waals surface area contributed by atoms with Crippen molar-refractivity contribution in [2.24, 2.45) is 0 Å². The van der Waals surface area contributed by atoms with Crippen LogP contribution in [-0.2, 0) is 4.74 Å². The molecule has 5 heteroatoms. The maximum Gasteiger partial charge on any atom is 0.142 e. The van der Waals surface area contributed by atoms with Crippen LogP contribution in [0.15, 0.2) is 18.2 Å². The zero-order chi connectivity index (χ0) is 14.2. The van der Waals surface area contributed by atoms with Crippen LogP contribution in [0.4, 0.5) is 10.1 Å². The Bertz CT molecular complexity index is 409. The van der Waals surface area contributed by atoms with Crippen molar-refractivity contribution in [3.63, 3.8) is 0 Å². The van der Waals surface area contributed by atoms with Crippen LogP contribution in [0.5, 0.6) is 5.75 Å². The van der Waals surface area contributed by atoms with Crippen LogP contribution < -0.4 is 15.0 Å². The molecule has 1 aliphatic rings. The minimum absolute atomic E-state index is 0.229. The number of halogens is 1. The Morgan fingerprint density at radius 1 is 1.20 bits per heavy atom. The molecule has 1 aromatic carbocycles. The smallest absolute Gasteiger partial charge is 0.142 e. The van der Waals surface area contributed by atoms with Crippen molar-refractivity contribution in [3.05, 3.63) is 24.0 Å². The highest BCUT2D eigenvalue weighted by molar-refractivity contribution is 5.59. The zero-order valence-electron chi connectivity index (χ0n) is 12.0. The summed E-state index contributed by atoms with van der Waals surface area (Å²) in [5, 5.41) is 3.29. The summed E-state index contributed by atoms with van der Waals surface area (Å²) < 4.78 is 24.6. The molecule has 0 bridgehead atoms. The normalized spacial score (nSPS) is 15.4. The Hall–Kier alpha value is -1.33. The summed E-state index contributed by atoms with van der Waals surface area (Å²) >= 11 is 0. The molecule has 1 saturated heterocycles. The van der Waals surface area contributed by atoms with Crippen molar-refractivity contribution >= 4 is 5.69 Å². The Morgan fingerprint density at radius 2 is 2.00 bits per heavy atom. The molecule has 0 radical (unpaired) electrons. The van der Waals surface area contributed by atoms with Gasteiger partial charge < -0.3 is 19.7 Å². The first kappa shape index (κ1) is 15.1. The number of ether oxygens (including phenoxy) is 2. The van der Waals surface area contributed by atoms with E-state index in [1.54, 1.807) is 12.1 Å². The van der Waals surface area contributed by atoms with E-state index in [1.807, 2.05) is 0 Å². The fourth-order valence-corrected chi connectivity index (χ4v) is 2.22. The highest BCUT2D eigenvalue weighted by atomic mass is 19.1. The lowest BCUT2D eigenvalue weighted by atomic mass is 10.2. The molecule has 20 heavy (non-hydrogen) atoms. The summed E-state index contributed by atoms with van der Waals surface area (Å²) in [5.74, 6) is 0.501. The molecule has 0 saturated carbocycles. The van der Waals surface area contributed by atoms with Gasteiger partial charge in [0, 0.05) is 38.9 Å². The van der Waals surface area contributed by atoms with E-state index < -0.39 is 0 Å². The van der Waals surface area contributed by atoms with E-state index >= 15 is 0 Å². The van der Waals surface area contributed by atoms with Gasteiger partial charge in [-0.05, 0) is 18.6 Å². The number of piperazine rings is 1. The average Bonchev–Trinajstić information content (AvgIpc) is 2.49. The lowest BCUT2D eigenvalue weighted by molar-refractivity contribution is 0.101. The van der Waals surface area contributed by atoms with Crippen LogP contribution in [-0.4, -0.2) is 46.0 Å². The lowest BCUT2D eigenvalue weighted by Gasteiger charge is -2.30. The minimum Gasteiger partial charge on any atom is -0.489 e. The second kappa shape index (κ2) is 8.07. The van der Waals surface area contributed by atoms with Gasteiger partial charge in [0.05, 0.1) is 12.3 Å². The third-order valence-corrected chi connectivity index (χ3v) is 3.21. The molecule has 1 fully saturated rings. The number of rotatable bonds is 7. The molecule has 0 amide bonds. The highest BCUT2D eigenvalue weighted by Gasteiger charge is 2.15. The quantitative estimate of drug-likeness (QED) is 0.776. The van der Waals surface area contributed by atoms with Gasteiger partial charge in [-0.25, -0.2) is 4.39 Å². The van der Waals surface area contributed by atoms with Crippen LogP contribution in [0.2, 0.25) is 0 Å². The monoisotopic (exact) mass is 282 g/mol. The predicted octanol–water partition coefficient (Wildman–Crippen LogP) is 2.04. The standard InChI is InChI=1S/C15H23FN2O2/c1-2-9-19-10-11-20-15-4-3-13(16)12-14(15)18-7-5-17-6-8-18/h3-4,12,17H,2,5-11H2,1H3. The number of hydrogen-bond donors (Lipinski definition) is 1. The molecule has 0 atom stereocenters. The van der Waals surface area contributed by atoms with Crippen LogP contribution in [0.1, 0.15) is 13.3 Å². The van der Waals surface area contributed by atoms with E-state index in [-0.39, 0.29) is 5.82 Å². The summed E-state index contributed by atoms with van der Waals surface area (Å²) in [4.78, 5) is 2.15. The third-order valence-electron chi connectivity index (χ3n) is 3.21. The summed E-state index contributed by atoms with van der Waals surface area (Å²) in [7, 11) is 0. The van der Waals surface area contributed by atoms with Crippen molar-refractivity contribution in [1.82, 2.24) is 5.32 Å².